The summed E-state index contributed by atoms with van der Waals surface area (Å²) in [5, 5.41) is 14.7. The Morgan fingerprint density at radius 2 is 1.78 bits per heavy atom. The molecule has 4 aromatic carbocycles. The Balaban J connectivity index is 1.61. The van der Waals surface area contributed by atoms with E-state index in [1.807, 2.05) is 37.3 Å². The number of rotatable bonds is 8. The van der Waals surface area contributed by atoms with E-state index in [1.165, 1.54) is 6.08 Å². The third-order valence-corrected chi connectivity index (χ3v) is 6.86. The Morgan fingerprint density at radius 1 is 1.03 bits per heavy atom. The van der Waals surface area contributed by atoms with Crippen molar-refractivity contribution in [1.82, 2.24) is 0 Å². The highest BCUT2D eigenvalue weighted by Crippen LogP contribution is 2.38. The molecule has 37 heavy (non-hydrogen) atoms. The van der Waals surface area contributed by atoms with E-state index in [2.05, 4.69) is 68.4 Å². The van der Waals surface area contributed by atoms with Crippen LogP contribution in [0.2, 0.25) is 0 Å². The second-order valence-electron chi connectivity index (χ2n) is 8.26. The van der Waals surface area contributed by atoms with Crippen molar-refractivity contribution < 1.29 is 14.3 Å². The van der Waals surface area contributed by atoms with Crippen molar-refractivity contribution in [2.45, 2.75) is 20.5 Å². The van der Waals surface area contributed by atoms with Crippen LogP contribution < -0.4 is 14.8 Å². The lowest BCUT2D eigenvalue weighted by Crippen LogP contribution is -2.13. The number of fused-ring (bicyclic) bond motifs is 1. The number of benzene rings is 4. The lowest BCUT2D eigenvalue weighted by atomic mass is 10.0. The average molecular weight is 620 g/mol. The van der Waals surface area contributed by atoms with Gasteiger partial charge in [0.25, 0.3) is 5.91 Å². The van der Waals surface area contributed by atoms with E-state index in [9.17, 15) is 10.1 Å². The first kappa shape index (κ1) is 26.5. The van der Waals surface area contributed by atoms with E-state index in [0.29, 0.717) is 40.4 Å². The first-order chi connectivity index (χ1) is 17.9. The van der Waals surface area contributed by atoms with E-state index < -0.39 is 5.91 Å². The van der Waals surface area contributed by atoms with Gasteiger partial charge in [-0.1, -0.05) is 52.3 Å². The van der Waals surface area contributed by atoms with E-state index in [1.54, 1.807) is 24.3 Å². The number of nitrogens with zero attached hydrogens (tertiary/aromatic N) is 1. The summed E-state index contributed by atoms with van der Waals surface area (Å²) >= 11 is 6.96. The van der Waals surface area contributed by atoms with Gasteiger partial charge in [-0.15, -0.1) is 0 Å². The molecule has 0 spiro atoms. The molecule has 0 aliphatic rings. The molecule has 5 nitrogen and oxygen atoms in total. The van der Waals surface area contributed by atoms with E-state index in [-0.39, 0.29) is 5.57 Å². The van der Waals surface area contributed by atoms with Gasteiger partial charge >= 0.3 is 0 Å². The molecule has 0 radical (unpaired) electrons. The molecule has 0 fully saturated rings. The normalized spacial score (nSPS) is 11.2. The minimum Gasteiger partial charge on any atom is -0.490 e. The minimum atomic E-state index is -0.495. The van der Waals surface area contributed by atoms with Gasteiger partial charge in [-0.05, 0) is 94.2 Å². The molecule has 0 saturated carbocycles. The fourth-order valence-electron chi connectivity index (χ4n) is 3.90. The molecule has 0 aliphatic heterocycles. The number of ether oxygens (including phenoxy) is 2. The van der Waals surface area contributed by atoms with E-state index >= 15 is 0 Å². The highest BCUT2D eigenvalue weighted by atomic mass is 79.9. The fourth-order valence-corrected chi connectivity index (χ4v) is 4.74. The Kier molecular flexibility index (Phi) is 8.65. The number of carbonyl (C=O) groups excluding carboxylic acids is 1. The number of halogens is 2. The molecule has 1 amide bonds. The standard InChI is InChI=1S/C30H24Br2N2O3/c1-3-36-28-16-20(14-22(17-33)30(35)34-24-12-10-23(31)11-13-24)15-27(32)29(28)37-18-26-19(2)8-9-21-6-4-5-7-25(21)26/h4-16H,3,18H2,1-2H3,(H,34,35)/b22-14+. The van der Waals surface area contributed by atoms with Gasteiger partial charge in [-0.2, -0.15) is 5.26 Å². The smallest absolute Gasteiger partial charge is 0.266 e. The van der Waals surface area contributed by atoms with Crippen molar-refractivity contribution in [2.24, 2.45) is 0 Å². The van der Waals surface area contributed by atoms with Crippen LogP contribution in [0.5, 0.6) is 11.5 Å². The van der Waals surface area contributed by atoms with Crippen LogP contribution in [0.25, 0.3) is 16.8 Å². The lowest BCUT2D eigenvalue weighted by molar-refractivity contribution is -0.112. The maximum absolute atomic E-state index is 12.7. The van der Waals surface area contributed by atoms with Crippen LogP contribution in [0.4, 0.5) is 5.69 Å². The minimum absolute atomic E-state index is 0.0303. The molecular formula is C30H24Br2N2O3. The first-order valence-corrected chi connectivity index (χ1v) is 13.2. The summed E-state index contributed by atoms with van der Waals surface area (Å²) in [7, 11) is 0. The van der Waals surface area contributed by atoms with Crippen LogP contribution in [-0.4, -0.2) is 12.5 Å². The maximum Gasteiger partial charge on any atom is 0.266 e. The SMILES string of the molecule is CCOc1cc(/C=C(\C#N)C(=O)Nc2ccc(Br)cc2)cc(Br)c1OCc1c(C)ccc2ccccc12. The third kappa shape index (κ3) is 6.40. The van der Waals surface area contributed by atoms with Gasteiger partial charge in [0.15, 0.2) is 11.5 Å². The maximum atomic E-state index is 12.7. The number of nitrogens with one attached hydrogen (secondary N) is 1. The molecule has 186 valence electrons. The van der Waals surface area contributed by atoms with Gasteiger partial charge in [0.05, 0.1) is 11.1 Å². The Bertz CT molecular complexity index is 1520. The van der Waals surface area contributed by atoms with Gasteiger partial charge < -0.3 is 14.8 Å². The highest BCUT2D eigenvalue weighted by Gasteiger charge is 2.16. The largest absolute Gasteiger partial charge is 0.490 e. The van der Waals surface area contributed by atoms with Crippen molar-refractivity contribution in [3.8, 4) is 17.6 Å². The van der Waals surface area contributed by atoms with Gasteiger partial charge in [0.1, 0.15) is 18.2 Å². The summed E-state index contributed by atoms with van der Waals surface area (Å²) in [6.45, 7) is 4.75. The van der Waals surface area contributed by atoms with Gasteiger partial charge in [-0.25, -0.2) is 0 Å². The zero-order valence-electron chi connectivity index (χ0n) is 20.3. The van der Waals surface area contributed by atoms with Crippen LogP contribution in [0.15, 0.2) is 87.3 Å². The van der Waals surface area contributed by atoms with Crippen LogP contribution >= 0.6 is 31.9 Å². The number of anilines is 1. The second kappa shape index (κ2) is 12.1. The summed E-state index contributed by atoms with van der Waals surface area (Å²) in [6, 6.07) is 25.1. The monoisotopic (exact) mass is 618 g/mol. The highest BCUT2D eigenvalue weighted by molar-refractivity contribution is 9.10. The molecular weight excluding hydrogens is 596 g/mol. The number of carbonyl (C=O) groups is 1. The average Bonchev–Trinajstić information content (AvgIpc) is 2.89. The molecule has 0 saturated heterocycles. The second-order valence-corrected chi connectivity index (χ2v) is 10.0. The van der Waals surface area contributed by atoms with E-state index in [0.717, 1.165) is 26.4 Å². The number of amides is 1. The molecule has 0 aliphatic carbocycles. The van der Waals surface area contributed by atoms with Crippen LogP contribution in [0, 0.1) is 18.3 Å². The van der Waals surface area contributed by atoms with E-state index in [4.69, 9.17) is 9.47 Å². The van der Waals surface area contributed by atoms with Gasteiger partial charge in [0.2, 0.25) is 0 Å². The first-order valence-electron chi connectivity index (χ1n) is 11.6. The Hall–Kier alpha value is -3.60. The Morgan fingerprint density at radius 3 is 2.51 bits per heavy atom. The van der Waals surface area contributed by atoms with Gasteiger partial charge in [0, 0.05) is 15.7 Å². The molecule has 0 heterocycles. The van der Waals surface area contributed by atoms with Crippen molar-refractivity contribution in [3.63, 3.8) is 0 Å². The Labute approximate surface area is 233 Å². The molecule has 0 aromatic heterocycles. The molecule has 4 aromatic rings. The number of hydrogen-bond acceptors (Lipinski definition) is 4. The topological polar surface area (TPSA) is 71.3 Å². The summed E-state index contributed by atoms with van der Waals surface area (Å²) < 4.78 is 13.7. The quantitative estimate of drug-likeness (QED) is 0.159. The predicted molar refractivity (Wildman–Crippen MR) is 155 cm³/mol. The third-order valence-electron chi connectivity index (χ3n) is 5.75. The molecule has 1 N–H and O–H groups in total. The number of aryl methyl sites for hydroxylation is 1. The number of nitriles is 1. The van der Waals surface area contributed by atoms with Crippen molar-refractivity contribution >= 4 is 60.3 Å². The lowest BCUT2D eigenvalue weighted by Gasteiger charge is -2.17. The summed E-state index contributed by atoms with van der Waals surface area (Å²) in [5.41, 5.74) is 3.44. The van der Waals surface area contributed by atoms with Crippen molar-refractivity contribution in [2.75, 3.05) is 11.9 Å². The molecule has 0 atom stereocenters. The zero-order chi connectivity index (χ0) is 26.4. The predicted octanol–water partition coefficient (Wildman–Crippen LogP) is 8.20. The molecule has 0 bridgehead atoms. The van der Waals surface area contributed by atoms with Crippen LogP contribution in [-0.2, 0) is 11.4 Å². The molecule has 7 heteroatoms. The zero-order valence-corrected chi connectivity index (χ0v) is 23.5. The molecule has 4 rings (SSSR count). The summed E-state index contributed by atoms with van der Waals surface area (Å²) in [6.07, 6.45) is 1.53. The molecule has 0 unspecified atom stereocenters. The number of hydrogen-bond donors (Lipinski definition) is 1. The van der Waals surface area contributed by atoms with Crippen LogP contribution in [0.3, 0.4) is 0 Å². The van der Waals surface area contributed by atoms with Crippen molar-refractivity contribution in [3.05, 3.63) is 104 Å². The van der Waals surface area contributed by atoms with Gasteiger partial charge in [-0.3, -0.25) is 4.79 Å². The summed E-state index contributed by atoms with van der Waals surface area (Å²) in [5.74, 6) is 0.585. The summed E-state index contributed by atoms with van der Waals surface area (Å²) in [4.78, 5) is 12.7. The fraction of sp³-hybridized carbons (Fsp3) is 0.133. The van der Waals surface area contributed by atoms with Crippen LogP contribution in [0.1, 0.15) is 23.6 Å². The van der Waals surface area contributed by atoms with Crippen molar-refractivity contribution in [1.29, 1.82) is 5.26 Å².